The lowest BCUT2D eigenvalue weighted by Gasteiger charge is -2.33. The van der Waals surface area contributed by atoms with Crippen LogP contribution in [0, 0.1) is 0 Å². The summed E-state index contributed by atoms with van der Waals surface area (Å²) in [5, 5.41) is 21.8. The molecule has 1 rings (SSSR count). The van der Waals surface area contributed by atoms with E-state index >= 15 is 0 Å². The van der Waals surface area contributed by atoms with E-state index < -0.39 is 11.6 Å². The molecule has 0 radical (unpaired) electrons. The van der Waals surface area contributed by atoms with Crippen LogP contribution in [0.3, 0.4) is 0 Å². The van der Waals surface area contributed by atoms with E-state index in [2.05, 4.69) is 5.32 Å². The molecule has 1 unspecified atom stereocenters. The molecule has 0 amide bonds. The minimum atomic E-state index is -0.800. The summed E-state index contributed by atoms with van der Waals surface area (Å²) in [5.41, 5.74) is -0.606. The molecular formula is C11H21NO3. The van der Waals surface area contributed by atoms with E-state index in [-0.39, 0.29) is 12.5 Å². The Morgan fingerprint density at radius 3 is 2.53 bits per heavy atom. The molecule has 1 fully saturated rings. The van der Waals surface area contributed by atoms with Crippen LogP contribution in [0.1, 0.15) is 45.4 Å². The van der Waals surface area contributed by atoms with E-state index in [0.29, 0.717) is 6.54 Å². The first kappa shape index (κ1) is 12.5. The smallest absolute Gasteiger partial charge is 0.304 e. The lowest BCUT2D eigenvalue weighted by Crippen LogP contribution is -2.45. The van der Waals surface area contributed by atoms with Crippen molar-refractivity contribution >= 4 is 5.97 Å². The minimum absolute atomic E-state index is 0.0755. The number of nitrogens with one attached hydrogen (secondary N) is 1. The van der Waals surface area contributed by atoms with Crippen molar-refractivity contribution in [2.45, 2.75) is 57.1 Å². The molecule has 4 heteroatoms. The Labute approximate surface area is 90.7 Å². The first-order chi connectivity index (χ1) is 7.02. The average Bonchev–Trinajstić information content (AvgIpc) is 2.15. The highest BCUT2D eigenvalue weighted by Crippen LogP contribution is 2.27. The Kier molecular flexibility index (Phi) is 4.54. The van der Waals surface area contributed by atoms with Gasteiger partial charge in [-0.2, -0.15) is 0 Å². The summed E-state index contributed by atoms with van der Waals surface area (Å²) in [6, 6.07) is -0.0755. The van der Waals surface area contributed by atoms with E-state index in [0.717, 1.165) is 25.7 Å². The van der Waals surface area contributed by atoms with Gasteiger partial charge in [0.25, 0.3) is 0 Å². The first-order valence-electron chi connectivity index (χ1n) is 5.69. The minimum Gasteiger partial charge on any atom is -0.481 e. The van der Waals surface area contributed by atoms with Gasteiger partial charge in [0.2, 0.25) is 0 Å². The number of aliphatic carboxylic acids is 1. The molecule has 0 aliphatic heterocycles. The largest absolute Gasteiger partial charge is 0.481 e. The zero-order valence-electron chi connectivity index (χ0n) is 9.33. The summed E-state index contributed by atoms with van der Waals surface area (Å²) in [7, 11) is 0. The summed E-state index contributed by atoms with van der Waals surface area (Å²) in [6.45, 7) is 2.35. The Hall–Kier alpha value is -0.610. The summed E-state index contributed by atoms with van der Waals surface area (Å²) in [4.78, 5) is 10.4. The van der Waals surface area contributed by atoms with E-state index in [1.807, 2.05) is 6.92 Å². The number of carboxylic acid groups (broad SMARTS) is 1. The van der Waals surface area contributed by atoms with Gasteiger partial charge in [0.15, 0.2) is 0 Å². The Balaban J connectivity index is 2.25. The Bertz CT molecular complexity index is 212. The van der Waals surface area contributed by atoms with Gasteiger partial charge >= 0.3 is 5.97 Å². The van der Waals surface area contributed by atoms with Crippen molar-refractivity contribution in [2.24, 2.45) is 0 Å². The SMILES string of the molecule is CC(CC(=O)O)NCC1(O)CCCCC1. The highest BCUT2D eigenvalue weighted by atomic mass is 16.4. The van der Waals surface area contributed by atoms with Gasteiger partial charge in [0.05, 0.1) is 12.0 Å². The fraction of sp³-hybridized carbons (Fsp3) is 0.909. The van der Waals surface area contributed by atoms with Gasteiger partial charge in [-0.15, -0.1) is 0 Å². The molecular weight excluding hydrogens is 194 g/mol. The quantitative estimate of drug-likeness (QED) is 0.643. The fourth-order valence-electron chi connectivity index (χ4n) is 2.08. The van der Waals surface area contributed by atoms with Crippen LogP contribution in [0.2, 0.25) is 0 Å². The molecule has 1 aliphatic carbocycles. The zero-order valence-corrected chi connectivity index (χ0v) is 9.33. The zero-order chi connectivity index (χ0) is 11.3. The monoisotopic (exact) mass is 215 g/mol. The van der Waals surface area contributed by atoms with Gasteiger partial charge in [0, 0.05) is 12.6 Å². The molecule has 0 saturated heterocycles. The number of aliphatic hydroxyl groups is 1. The molecule has 0 spiro atoms. The molecule has 0 aromatic heterocycles. The average molecular weight is 215 g/mol. The molecule has 3 N–H and O–H groups in total. The maximum absolute atomic E-state index is 10.4. The van der Waals surface area contributed by atoms with Gasteiger partial charge in [-0.05, 0) is 19.8 Å². The van der Waals surface area contributed by atoms with Crippen LogP contribution in [0.4, 0.5) is 0 Å². The predicted molar refractivity (Wildman–Crippen MR) is 57.8 cm³/mol. The second-order valence-corrected chi connectivity index (χ2v) is 4.66. The van der Waals surface area contributed by atoms with Gasteiger partial charge < -0.3 is 15.5 Å². The molecule has 0 aromatic rings. The van der Waals surface area contributed by atoms with Crippen LogP contribution in [-0.4, -0.2) is 34.4 Å². The van der Waals surface area contributed by atoms with Crippen LogP contribution in [0.25, 0.3) is 0 Å². The van der Waals surface area contributed by atoms with Gasteiger partial charge in [-0.25, -0.2) is 0 Å². The fourth-order valence-corrected chi connectivity index (χ4v) is 2.08. The molecule has 0 aromatic carbocycles. The van der Waals surface area contributed by atoms with Crippen molar-refractivity contribution in [3.63, 3.8) is 0 Å². The van der Waals surface area contributed by atoms with E-state index in [1.165, 1.54) is 6.42 Å². The maximum Gasteiger partial charge on any atom is 0.304 e. The molecule has 0 bridgehead atoms. The molecule has 1 saturated carbocycles. The van der Waals surface area contributed by atoms with Crippen LogP contribution in [-0.2, 0) is 4.79 Å². The van der Waals surface area contributed by atoms with Crippen molar-refractivity contribution in [3.05, 3.63) is 0 Å². The summed E-state index contributed by atoms with van der Waals surface area (Å²) in [5.74, 6) is -0.800. The molecule has 15 heavy (non-hydrogen) atoms. The van der Waals surface area contributed by atoms with E-state index in [4.69, 9.17) is 5.11 Å². The standard InChI is InChI=1S/C11H21NO3/c1-9(7-10(13)14)12-8-11(15)5-3-2-4-6-11/h9,12,15H,2-8H2,1H3,(H,13,14). The Morgan fingerprint density at radius 1 is 1.40 bits per heavy atom. The normalized spacial score (nSPS) is 22.3. The third-order valence-corrected chi connectivity index (χ3v) is 3.04. The van der Waals surface area contributed by atoms with Crippen LogP contribution in [0.5, 0.6) is 0 Å². The second-order valence-electron chi connectivity index (χ2n) is 4.66. The number of rotatable bonds is 5. The highest BCUT2D eigenvalue weighted by Gasteiger charge is 2.29. The van der Waals surface area contributed by atoms with Crippen LogP contribution < -0.4 is 5.32 Å². The number of carbonyl (C=O) groups is 1. The first-order valence-corrected chi connectivity index (χ1v) is 5.69. The van der Waals surface area contributed by atoms with Crippen LogP contribution >= 0.6 is 0 Å². The lowest BCUT2D eigenvalue weighted by atomic mass is 9.85. The molecule has 4 nitrogen and oxygen atoms in total. The summed E-state index contributed by atoms with van der Waals surface area (Å²) in [6.07, 6.45) is 5.12. The molecule has 1 aliphatic rings. The van der Waals surface area contributed by atoms with E-state index in [9.17, 15) is 9.90 Å². The van der Waals surface area contributed by atoms with Crippen molar-refractivity contribution < 1.29 is 15.0 Å². The topological polar surface area (TPSA) is 69.6 Å². The van der Waals surface area contributed by atoms with Crippen LogP contribution in [0.15, 0.2) is 0 Å². The lowest BCUT2D eigenvalue weighted by molar-refractivity contribution is -0.137. The third kappa shape index (κ3) is 4.62. The number of hydrogen-bond acceptors (Lipinski definition) is 3. The summed E-state index contributed by atoms with van der Waals surface area (Å²) < 4.78 is 0. The van der Waals surface area contributed by atoms with Gasteiger partial charge in [0.1, 0.15) is 0 Å². The number of carboxylic acids is 1. The predicted octanol–water partition coefficient (Wildman–Crippen LogP) is 1.13. The van der Waals surface area contributed by atoms with Crippen molar-refractivity contribution in [2.75, 3.05) is 6.54 Å². The van der Waals surface area contributed by atoms with Gasteiger partial charge in [-0.3, -0.25) is 4.79 Å². The van der Waals surface area contributed by atoms with Crippen molar-refractivity contribution in [1.29, 1.82) is 0 Å². The highest BCUT2D eigenvalue weighted by molar-refractivity contribution is 5.67. The van der Waals surface area contributed by atoms with Gasteiger partial charge in [-0.1, -0.05) is 19.3 Å². The Morgan fingerprint density at radius 2 is 2.00 bits per heavy atom. The van der Waals surface area contributed by atoms with Crippen molar-refractivity contribution in [1.82, 2.24) is 5.32 Å². The molecule has 1 atom stereocenters. The number of hydrogen-bond donors (Lipinski definition) is 3. The third-order valence-electron chi connectivity index (χ3n) is 3.04. The maximum atomic E-state index is 10.4. The molecule has 88 valence electrons. The summed E-state index contributed by atoms with van der Waals surface area (Å²) >= 11 is 0. The van der Waals surface area contributed by atoms with Crippen molar-refractivity contribution in [3.8, 4) is 0 Å². The van der Waals surface area contributed by atoms with E-state index in [1.54, 1.807) is 0 Å². The second kappa shape index (κ2) is 5.47. The molecule has 0 heterocycles.